The molecule has 40 heavy (non-hydrogen) atoms. The van der Waals surface area contributed by atoms with E-state index in [1.807, 2.05) is 0 Å². The Morgan fingerprint density at radius 1 is 1.07 bits per heavy atom. The van der Waals surface area contributed by atoms with Crippen molar-refractivity contribution in [3.8, 4) is 11.4 Å². The van der Waals surface area contributed by atoms with Crippen LogP contribution >= 0.6 is 11.6 Å². The lowest BCUT2D eigenvalue weighted by Gasteiger charge is -2.24. The van der Waals surface area contributed by atoms with Crippen LogP contribution in [0.25, 0.3) is 5.69 Å². The Labute approximate surface area is 235 Å². The Morgan fingerprint density at radius 2 is 1.75 bits per heavy atom. The first-order valence-corrected chi connectivity index (χ1v) is 13.0. The van der Waals surface area contributed by atoms with Crippen LogP contribution in [-0.4, -0.2) is 40.5 Å². The molecule has 0 unspecified atom stereocenters. The summed E-state index contributed by atoms with van der Waals surface area (Å²) in [6, 6.07) is 13.1. The smallest absolute Gasteiger partial charge is 0.389 e. The number of nitrogens with zero attached hydrogens (tertiary/aromatic N) is 2. The number of alkyl halides is 3. The first-order valence-electron chi connectivity index (χ1n) is 12.7. The van der Waals surface area contributed by atoms with Gasteiger partial charge in [-0.25, -0.2) is 4.68 Å². The Kier molecular flexibility index (Phi) is 9.73. The van der Waals surface area contributed by atoms with Gasteiger partial charge in [0.25, 0.3) is 11.5 Å². The lowest BCUT2D eigenvalue weighted by Crippen LogP contribution is -2.37. The third-order valence-corrected chi connectivity index (χ3v) is 6.38. The molecule has 0 radical (unpaired) electrons. The molecule has 0 fully saturated rings. The van der Waals surface area contributed by atoms with Crippen molar-refractivity contribution in [1.82, 2.24) is 14.7 Å². The molecule has 1 aromatic heterocycles. The second-order valence-corrected chi connectivity index (χ2v) is 10.5. The van der Waals surface area contributed by atoms with Gasteiger partial charge in [0.05, 0.1) is 23.6 Å². The SMILES string of the molecule is CCOc1ccc(Cl)cc1C(=O)NCC(C)(C)CC(=O)Nc1c(CCC(F)(F)F)n(C)n(-c2ccccc2)c1=O. The molecule has 0 atom stereocenters. The van der Waals surface area contributed by atoms with Crippen molar-refractivity contribution in [3.63, 3.8) is 0 Å². The number of para-hydroxylation sites is 1. The molecule has 3 aromatic rings. The molecular weight excluding hydrogens is 549 g/mol. The summed E-state index contributed by atoms with van der Waals surface area (Å²) in [5.74, 6) is -0.652. The van der Waals surface area contributed by atoms with E-state index in [2.05, 4.69) is 10.6 Å². The summed E-state index contributed by atoms with van der Waals surface area (Å²) in [6.07, 6.45) is -6.23. The fraction of sp³-hybridized carbons (Fsp3) is 0.393. The Bertz CT molecular complexity index is 1420. The van der Waals surface area contributed by atoms with Crippen LogP contribution in [0.3, 0.4) is 0 Å². The van der Waals surface area contributed by atoms with Crippen molar-refractivity contribution < 1.29 is 27.5 Å². The van der Waals surface area contributed by atoms with Gasteiger partial charge in [-0.05, 0) is 42.7 Å². The van der Waals surface area contributed by atoms with Gasteiger partial charge in [0.1, 0.15) is 11.4 Å². The van der Waals surface area contributed by atoms with E-state index < -0.39 is 41.8 Å². The lowest BCUT2D eigenvalue weighted by molar-refractivity contribution is -0.134. The normalized spacial score (nSPS) is 11.8. The molecule has 0 bridgehead atoms. The van der Waals surface area contributed by atoms with Crippen LogP contribution < -0.4 is 20.9 Å². The highest BCUT2D eigenvalue weighted by Gasteiger charge is 2.31. The maximum absolute atomic E-state index is 13.3. The van der Waals surface area contributed by atoms with Crippen LogP contribution in [0.1, 0.15) is 49.7 Å². The monoisotopic (exact) mass is 580 g/mol. The zero-order chi connectivity index (χ0) is 29.7. The summed E-state index contributed by atoms with van der Waals surface area (Å²) in [6.45, 7) is 5.71. The van der Waals surface area contributed by atoms with E-state index in [0.717, 1.165) is 0 Å². The summed E-state index contributed by atoms with van der Waals surface area (Å²) >= 11 is 6.04. The lowest BCUT2D eigenvalue weighted by atomic mass is 9.88. The van der Waals surface area contributed by atoms with Crippen molar-refractivity contribution in [2.24, 2.45) is 12.5 Å². The van der Waals surface area contributed by atoms with E-state index in [1.54, 1.807) is 63.2 Å². The number of benzene rings is 2. The number of amides is 2. The van der Waals surface area contributed by atoms with E-state index in [4.69, 9.17) is 16.3 Å². The quantitative estimate of drug-likeness (QED) is 0.313. The first-order chi connectivity index (χ1) is 18.7. The maximum Gasteiger partial charge on any atom is 0.389 e. The van der Waals surface area contributed by atoms with Crippen molar-refractivity contribution in [1.29, 1.82) is 0 Å². The standard InChI is InChI=1S/C28H32ClF3N4O4/c1-5-40-22-12-11-18(29)15-20(22)25(38)33-17-27(2,3)16-23(37)34-24-21(13-14-28(30,31)32)35(4)36(26(24)39)19-9-7-6-8-10-19/h6-12,15H,5,13-14,16-17H2,1-4H3,(H,33,38)(H,34,37). The molecule has 216 valence electrons. The average Bonchev–Trinajstić information content (AvgIpc) is 3.10. The highest BCUT2D eigenvalue weighted by Crippen LogP contribution is 2.27. The van der Waals surface area contributed by atoms with Crippen LogP contribution in [0.15, 0.2) is 53.3 Å². The third kappa shape index (κ3) is 7.91. The average molecular weight is 581 g/mol. The van der Waals surface area contributed by atoms with Crippen LogP contribution in [0.2, 0.25) is 5.02 Å². The number of carbonyl (C=O) groups excluding carboxylic acids is 2. The van der Waals surface area contributed by atoms with E-state index in [0.29, 0.717) is 23.1 Å². The molecule has 3 rings (SSSR count). The Balaban J connectivity index is 1.78. The van der Waals surface area contributed by atoms with Gasteiger partial charge in [0.2, 0.25) is 5.91 Å². The molecule has 0 aliphatic rings. The number of anilines is 1. The minimum atomic E-state index is -4.45. The highest BCUT2D eigenvalue weighted by molar-refractivity contribution is 6.31. The summed E-state index contributed by atoms with van der Waals surface area (Å²) in [5.41, 5.74) is -0.886. The summed E-state index contributed by atoms with van der Waals surface area (Å²) in [4.78, 5) is 39.2. The minimum absolute atomic E-state index is 0.0510. The van der Waals surface area contributed by atoms with Crippen molar-refractivity contribution in [2.75, 3.05) is 18.5 Å². The van der Waals surface area contributed by atoms with Gasteiger partial charge >= 0.3 is 6.18 Å². The van der Waals surface area contributed by atoms with Gasteiger partial charge in [-0.3, -0.25) is 19.1 Å². The third-order valence-electron chi connectivity index (χ3n) is 6.15. The number of ether oxygens (including phenoxy) is 1. The van der Waals surface area contributed by atoms with Gasteiger partial charge in [0, 0.05) is 37.9 Å². The minimum Gasteiger partial charge on any atom is -0.493 e. The number of hydrogen-bond donors (Lipinski definition) is 2. The summed E-state index contributed by atoms with van der Waals surface area (Å²) in [5, 5.41) is 5.68. The van der Waals surface area contributed by atoms with Crippen LogP contribution in [-0.2, 0) is 18.3 Å². The fourth-order valence-corrected chi connectivity index (χ4v) is 4.41. The zero-order valence-corrected chi connectivity index (χ0v) is 23.4. The van der Waals surface area contributed by atoms with E-state index in [1.165, 1.54) is 22.5 Å². The van der Waals surface area contributed by atoms with Crippen LogP contribution in [0, 0.1) is 5.41 Å². The number of aromatic nitrogens is 2. The zero-order valence-electron chi connectivity index (χ0n) is 22.7. The molecule has 12 heteroatoms. The molecule has 8 nitrogen and oxygen atoms in total. The molecule has 0 saturated carbocycles. The van der Waals surface area contributed by atoms with Gasteiger partial charge in [-0.15, -0.1) is 0 Å². The molecule has 2 aromatic carbocycles. The Morgan fingerprint density at radius 3 is 2.38 bits per heavy atom. The van der Waals surface area contributed by atoms with Gasteiger partial charge in [0.15, 0.2) is 0 Å². The molecule has 0 aliphatic heterocycles. The van der Waals surface area contributed by atoms with E-state index in [9.17, 15) is 27.6 Å². The molecule has 1 heterocycles. The van der Waals surface area contributed by atoms with Gasteiger partial charge < -0.3 is 15.4 Å². The van der Waals surface area contributed by atoms with Crippen molar-refractivity contribution >= 4 is 29.1 Å². The number of nitrogens with one attached hydrogen (secondary N) is 2. The maximum atomic E-state index is 13.3. The predicted molar refractivity (Wildman–Crippen MR) is 147 cm³/mol. The van der Waals surface area contributed by atoms with Crippen molar-refractivity contribution in [3.05, 3.63) is 75.2 Å². The molecular formula is C28H32ClF3N4O4. The molecule has 0 aliphatic carbocycles. The largest absolute Gasteiger partial charge is 0.493 e. The van der Waals surface area contributed by atoms with Gasteiger partial charge in [-0.1, -0.05) is 43.6 Å². The molecule has 2 N–H and O–H groups in total. The summed E-state index contributed by atoms with van der Waals surface area (Å²) in [7, 11) is 1.47. The summed E-state index contributed by atoms with van der Waals surface area (Å²) < 4.78 is 47.2. The fourth-order valence-electron chi connectivity index (χ4n) is 4.24. The second-order valence-electron chi connectivity index (χ2n) is 10.1. The first kappa shape index (κ1) is 30.8. The number of hydrogen-bond acceptors (Lipinski definition) is 4. The van der Waals surface area contributed by atoms with E-state index in [-0.39, 0.29) is 29.9 Å². The molecule has 0 spiro atoms. The topological polar surface area (TPSA) is 94.4 Å². The molecule has 0 saturated heterocycles. The predicted octanol–water partition coefficient (Wildman–Crippen LogP) is 5.51. The molecule has 2 amide bonds. The number of halogens is 4. The van der Waals surface area contributed by atoms with Crippen LogP contribution in [0.5, 0.6) is 5.75 Å². The highest BCUT2D eigenvalue weighted by atomic mass is 35.5. The van der Waals surface area contributed by atoms with Crippen molar-refractivity contribution in [2.45, 2.75) is 46.2 Å². The van der Waals surface area contributed by atoms with E-state index >= 15 is 0 Å². The van der Waals surface area contributed by atoms with Gasteiger partial charge in [-0.2, -0.15) is 13.2 Å². The second kappa shape index (κ2) is 12.6. The van der Waals surface area contributed by atoms with Crippen LogP contribution in [0.4, 0.5) is 18.9 Å². The Hall–Kier alpha value is -3.73. The number of carbonyl (C=O) groups is 2. The number of rotatable bonds is 11.